The summed E-state index contributed by atoms with van der Waals surface area (Å²) in [6.45, 7) is 0.753. The summed E-state index contributed by atoms with van der Waals surface area (Å²) in [6, 6.07) is 0. The molecule has 0 amide bonds. The van der Waals surface area contributed by atoms with Crippen LogP contribution in [0.5, 0.6) is 0 Å². The Morgan fingerprint density at radius 2 is 2.56 bits per heavy atom. The molecule has 0 radical (unpaired) electrons. The van der Waals surface area contributed by atoms with Crippen LogP contribution in [0.1, 0.15) is 12.8 Å². The molecule has 1 saturated heterocycles. The number of ether oxygens (including phenoxy) is 1. The van der Waals surface area contributed by atoms with Crippen LogP contribution in [-0.4, -0.2) is 23.8 Å². The lowest BCUT2D eigenvalue weighted by atomic mass is 10.2. The maximum Gasteiger partial charge on any atom is 0.172 e. The van der Waals surface area contributed by atoms with Crippen molar-refractivity contribution in [3.63, 3.8) is 0 Å². The second kappa shape index (κ2) is 3.32. The summed E-state index contributed by atoms with van der Waals surface area (Å²) < 4.78 is 5.13. The van der Waals surface area contributed by atoms with E-state index in [0.29, 0.717) is 5.33 Å². The van der Waals surface area contributed by atoms with E-state index in [1.165, 1.54) is 0 Å². The summed E-state index contributed by atoms with van der Waals surface area (Å²) in [7, 11) is 0. The number of Topliss-reactive ketones (excluding diaryl/α,β-unsaturated/α-hetero) is 1. The summed E-state index contributed by atoms with van der Waals surface area (Å²) in [5.41, 5.74) is 0. The molecule has 1 unspecified atom stereocenters. The first-order valence-electron chi connectivity index (χ1n) is 3.05. The molecule has 0 aromatic heterocycles. The monoisotopic (exact) mass is 192 g/mol. The topological polar surface area (TPSA) is 26.3 Å². The van der Waals surface area contributed by atoms with Crippen molar-refractivity contribution in [2.75, 3.05) is 11.9 Å². The minimum absolute atomic E-state index is 0.107. The molecule has 0 N–H and O–H groups in total. The largest absolute Gasteiger partial charge is 0.370 e. The zero-order chi connectivity index (χ0) is 6.69. The predicted molar refractivity (Wildman–Crippen MR) is 37.8 cm³/mol. The minimum Gasteiger partial charge on any atom is -0.370 e. The van der Waals surface area contributed by atoms with Gasteiger partial charge in [0.2, 0.25) is 0 Å². The molecule has 0 aromatic rings. The summed E-state index contributed by atoms with van der Waals surface area (Å²) >= 11 is 3.10. The normalized spacial score (nSPS) is 26.6. The Labute approximate surface area is 62.7 Å². The highest BCUT2D eigenvalue weighted by molar-refractivity contribution is 9.09. The van der Waals surface area contributed by atoms with Crippen molar-refractivity contribution in [2.24, 2.45) is 0 Å². The molecule has 9 heavy (non-hydrogen) atoms. The first-order valence-corrected chi connectivity index (χ1v) is 4.17. The minimum atomic E-state index is -0.107. The third-order valence-corrected chi connectivity index (χ3v) is 1.97. The van der Waals surface area contributed by atoms with Crippen LogP contribution in [0.4, 0.5) is 0 Å². The Balaban J connectivity index is 2.32. The highest BCUT2D eigenvalue weighted by Crippen LogP contribution is 2.13. The van der Waals surface area contributed by atoms with Gasteiger partial charge in [0.1, 0.15) is 6.10 Å². The van der Waals surface area contributed by atoms with Gasteiger partial charge in [-0.15, -0.1) is 0 Å². The number of alkyl halides is 1. The highest BCUT2D eigenvalue weighted by atomic mass is 79.9. The van der Waals surface area contributed by atoms with E-state index in [2.05, 4.69) is 15.9 Å². The molecule has 1 rings (SSSR count). The summed E-state index contributed by atoms with van der Waals surface area (Å²) in [4.78, 5) is 10.8. The van der Waals surface area contributed by atoms with Gasteiger partial charge in [0, 0.05) is 6.61 Å². The van der Waals surface area contributed by atoms with E-state index in [1.807, 2.05) is 0 Å². The van der Waals surface area contributed by atoms with Crippen molar-refractivity contribution in [3.05, 3.63) is 0 Å². The van der Waals surface area contributed by atoms with Crippen LogP contribution in [0.15, 0.2) is 0 Å². The number of rotatable bonds is 2. The summed E-state index contributed by atoms with van der Waals surface area (Å²) in [5, 5.41) is 0.428. The number of hydrogen-bond donors (Lipinski definition) is 0. The van der Waals surface area contributed by atoms with E-state index in [0.717, 1.165) is 19.4 Å². The number of halogens is 1. The van der Waals surface area contributed by atoms with Crippen LogP contribution in [-0.2, 0) is 9.53 Å². The molecule has 0 aromatic carbocycles. The molecule has 52 valence electrons. The summed E-state index contributed by atoms with van der Waals surface area (Å²) in [5.74, 6) is 0.174. The second-order valence-corrected chi connectivity index (χ2v) is 2.66. The zero-order valence-corrected chi connectivity index (χ0v) is 6.69. The maximum absolute atomic E-state index is 10.8. The Morgan fingerprint density at radius 3 is 3.00 bits per heavy atom. The molecule has 0 bridgehead atoms. The van der Waals surface area contributed by atoms with Crippen LogP contribution in [0.3, 0.4) is 0 Å². The Hall–Kier alpha value is 0.110. The average Bonchev–Trinajstić information content (AvgIpc) is 2.37. The van der Waals surface area contributed by atoms with E-state index in [1.54, 1.807) is 0 Å². The van der Waals surface area contributed by atoms with Gasteiger partial charge in [-0.05, 0) is 12.8 Å². The quantitative estimate of drug-likeness (QED) is 0.614. The Kier molecular flexibility index (Phi) is 2.66. The van der Waals surface area contributed by atoms with Crippen LogP contribution in [0.25, 0.3) is 0 Å². The first kappa shape index (κ1) is 7.22. The first-order chi connectivity index (χ1) is 4.34. The van der Waals surface area contributed by atoms with Crippen molar-refractivity contribution in [2.45, 2.75) is 18.9 Å². The number of carbonyl (C=O) groups is 1. The third kappa shape index (κ3) is 1.76. The van der Waals surface area contributed by atoms with Crippen molar-refractivity contribution < 1.29 is 9.53 Å². The van der Waals surface area contributed by atoms with Gasteiger partial charge in [0.15, 0.2) is 5.78 Å². The van der Waals surface area contributed by atoms with Crippen LogP contribution < -0.4 is 0 Å². The third-order valence-electron chi connectivity index (χ3n) is 1.42. The molecule has 1 heterocycles. The van der Waals surface area contributed by atoms with Gasteiger partial charge in [-0.25, -0.2) is 0 Å². The smallest absolute Gasteiger partial charge is 0.172 e. The highest BCUT2D eigenvalue weighted by Gasteiger charge is 2.21. The van der Waals surface area contributed by atoms with Gasteiger partial charge in [0.25, 0.3) is 0 Å². The molecule has 0 spiro atoms. The van der Waals surface area contributed by atoms with E-state index >= 15 is 0 Å². The van der Waals surface area contributed by atoms with Gasteiger partial charge in [-0.1, -0.05) is 15.9 Å². The van der Waals surface area contributed by atoms with E-state index in [-0.39, 0.29) is 11.9 Å². The molecular formula is C6H9BrO2. The SMILES string of the molecule is O=C(CBr)C1CCCO1. The molecule has 0 aliphatic carbocycles. The van der Waals surface area contributed by atoms with Gasteiger partial charge >= 0.3 is 0 Å². The maximum atomic E-state index is 10.8. The molecule has 1 fully saturated rings. The van der Waals surface area contributed by atoms with Crippen molar-refractivity contribution in [1.29, 1.82) is 0 Å². The fourth-order valence-electron chi connectivity index (χ4n) is 0.918. The van der Waals surface area contributed by atoms with E-state index in [9.17, 15) is 4.79 Å². The standard InChI is InChI=1S/C6H9BrO2/c7-4-5(8)6-2-1-3-9-6/h6H,1-4H2. The van der Waals surface area contributed by atoms with Gasteiger partial charge in [-0.2, -0.15) is 0 Å². The zero-order valence-electron chi connectivity index (χ0n) is 5.10. The molecule has 2 nitrogen and oxygen atoms in total. The fourth-order valence-corrected chi connectivity index (χ4v) is 1.28. The molecular weight excluding hydrogens is 184 g/mol. The number of hydrogen-bond acceptors (Lipinski definition) is 2. The molecule has 1 atom stereocenters. The number of carbonyl (C=O) groups excluding carboxylic acids is 1. The molecule has 1 aliphatic heterocycles. The van der Waals surface area contributed by atoms with Crippen molar-refractivity contribution in [1.82, 2.24) is 0 Å². The Bertz CT molecular complexity index is 108. The van der Waals surface area contributed by atoms with E-state index < -0.39 is 0 Å². The van der Waals surface area contributed by atoms with E-state index in [4.69, 9.17) is 4.74 Å². The van der Waals surface area contributed by atoms with Crippen LogP contribution >= 0.6 is 15.9 Å². The van der Waals surface area contributed by atoms with Crippen molar-refractivity contribution >= 4 is 21.7 Å². The lowest BCUT2D eigenvalue weighted by Gasteiger charge is -2.03. The van der Waals surface area contributed by atoms with Crippen molar-refractivity contribution in [3.8, 4) is 0 Å². The molecule has 0 saturated carbocycles. The Morgan fingerprint density at radius 1 is 1.78 bits per heavy atom. The van der Waals surface area contributed by atoms with Gasteiger partial charge in [0.05, 0.1) is 5.33 Å². The van der Waals surface area contributed by atoms with Crippen LogP contribution in [0.2, 0.25) is 0 Å². The molecule has 1 aliphatic rings. The fraction of sp³-hybridized carbons (Fsp3) is 0.833. The van der Waals surface area contributed by atoms with Gasteiger partial charge in [-0.3, -0.25) is 4.79 Å². The number of ketones is 1. The second-order valence-electron chi connectivity index (χ2n) is 2.10. The van der Waals surface area contributed by atoms with Gasteiger partial charge < -0.3 is 4.74 Å². The average molecular weight is 193 g/mol. The lowest BCUT2D eigenvalue weighted by Crippen LogP contribution is -2.19. The molecule has 3 heteroatoms. The lowest BCUT2D eigenvalue weighted by molar-refractivity contribution is -0.125. The summed E-state index contributed by atoms with van der Waals surface area (Å²) in [6.07, 6.45) is 1.83. The predicted octanol–water partition coefficient (Wildman–Crippen LogP) is 1.13. The van der Waals surface area contributed by atoms with Crippen LogP contribution in [0, 0.1) is 0 Å².